The van der Waals surface area contributed by atoms with Crippen molar-refractivity contribution in [3.05, 3.63) is 34.9 Å². The van der Waals surface area contributed by atoms with Crippen molar-refractivity contribution in [3.8, 4) is 0 Å². The van der Waals surface area contributed by atoms with Gasteiger partial charge in [-0.1, -0.05) is 6.07 Å². The van der Waals surface area contributed by atoms with Gasteiger partial charge in [-0.15, -0.1) is 0 Å². The Kier molecular flexibility index (Phi) is 4.81. The van der Waals surface area contributed by atoms with E-state index in [0.717, 1.165) is 36.8 Å². The van der Waals surface area contributed by atoms with Gasteiger partial charge < -0.3 is 4.74 Å². The number of carbonyl (C=O) groups excluding carboxylic acids is 1. The average molecular weight is 357 g/mol. The number of amides is 1. The number of rotatable bonds is 3. The standard InChI is InChI=1S/C18H22F3NO3/c1-22(24-2)16(23)12-3-4-14(15(9-12)18(19,20)21)13-10-17(11-13)5-7-25-8-6-17/h3-4,9,13H,5-8,10-11H2,1-2H3. The first-order chi connectivity index (χ1) is 11.8. The monoisotopic (exact) mass is 357 g/mol. The number of ether oxygens (including phenoxy) is 1. The topological polar surface area (TPSA) is 38.8 Å². The minimum atomic E-state index is -4.49. The smallest absolute Gasteiger partial charge is 0.381 e. The van der Waals surface area contributed by atoms with Crippen LogP contribution in [0.2, 0.25) is 0 Å². The second-order valence-electron chi connectivity index (χ2n) is 7.00. The largest absolute Gasteiger partial charge is 0.416 e. The molecule has 0 unspecified atom stereocenters. The second-order valence-corrected chi connectivity index (χ2v) is 7.00. The molecule has 1 amide bonds. The van der Waals surface area contributed by atoms with E-state index in [-0.39, 0.29) is 16.9 Å². The first-order valence-corrected chi connectivity index (χ1v) is 8.37. The summed E-state index contributed by atoms with van der Waals surface area (Å²) in [6.45, 7) is 1.38. The summed E-state index contributed by atoms with van der Waals surface area (Å²) in [6, 6.07) is 3.86. The molecule has 2 fully saturated rings. The number of carbonyl (C=O) groups is 1. The van der Waals surface area contributed by atoms with Crippen LogP contribution in [0.15, 0.2) is 18.2 Å². The third-order valence-corrected chi connectivity index (χ3v) is 5.52. The molecule has 138 valence electrons. The molecular weight excluding hydrogens is 335 g/mol. The van der Waals surface area contributed by atoms with Crippen LogP contribution in [0.5, 0.6) is 0 Å². The van der Waals surface area contributed by atoms with Gasteiger partial charge >= 0.3 is 6.18 Å². The molecule has 2 aliphatic rings. The van der Waals surface area contributed by atoms with Crippen molar-refractivity contribution in [2.75, 3.05) is 27.4 Å². The molecule has 0 atom stereocenters. The lowest BCUT2D eigenvalue weighted by atomic mass is 9.56. The quantitative estimate of drug-likeness (QED) is 0.767. The van der Waals surface area contributed by atoms with Crippen molar-refractivity contribution in [1.82, 2.24) is 5.06 Å². The summed E-state index contributed by atoms with van der Waals surface area (Å²) in [4.78, 5) is 16.8. The molecule has 4 nitrogen and oxygen atoms in total. The maximum absolute atomic E-state index is 13.6. The molecule has 1 aliphatic heterocycles. The van der Waals surface area contributed by atoms with Crippen molar-refractivity contribution in [1.29, 1.82) is 0 Å². The number of halogens is 3. The third-order valence-electron chi connectivity index (χ3n) is 5.52. The van der Waals surface area contributed by atoms with Crippen molar-refractivity contribution >= 4 is 5.91 Å². The molecule has 1 spiro atoms. The number of alkyl halides is 3. The van der Waals surface area contributed by atoms with Crippen LogP contribution in [0.4, 0.5) is 13.2 Å². The Morgan fingerprint density at radius 1 is 1.28 bits per heavy atom. The van der Waals surface area contributed by atoms with Crippen LogP contribution in [-0.4, -0.2) is 38.3 Å². The first kappa shape index (κ1) is 18.2. The van der Waals surface area contributed by atoms with E-state index in [9.17, 15) is 18.0 Å². The van der Waals surface area contributed by atoms with Crippen LogP contribution >= 0.6 is 0 Å². The van der Waals surface area contributed by atoms with Crippen LogP contribution in [0.3, 0.4) is 0 Å². The Hall–Kier alpha value is -1.60. The van der Waals surface area contributed by atoms with Crippen molar-refractivity contribution < 1.29 is 27.5 Å². The van der Waals surface area contributed by atoms with Crippen LogP contribution in [0, 0.1) is 5.41 Å². The van der Waals surface area contributed by atoms with Crippen molar-refractivity contribution in [3.63, 3.8) is 0 Å². The molecule has 1 aromatic rings. The summed E-state index contributed by atoms with van der Waals surface area (Å²) in [5.74, 6) is -0.715. The average Bonchev–Trinajstić information content (AvgIpc) is 2.57. The van der Waals surface area contributed by atoms with Gasteiger partial charge in [-0.05, 0) is 54.7 Å². The van der Waals surface area contributed by atoms with Gasteiger partial charge in [-0.2, -0.15) is 13.2 Å². The van der Waals surface area contributed by atoms with Crippen LogP contribution in [0.1, 0.15) is 53.1 Å². The fourth-order valence-electron chi connectivity index (χ4n) is 3.97. The third kappa shape index (κ3) is 3.53. The molecule has 25 heavy (non-hydrogen) atoms. The highest BCUT2D eigenvalue weighted by atomic mass is 19.4. The normalized spacial score (nSPS) is 20.4. The molecule has 1 heterocycles. The van der Waals surface area contributed by atoms with Gasteiger partial charge in [0.1, 0.15) is 0 Å². The van der Waals surface area contributed by atoms with E-state index in [1.807, 2.05) is 0 Å². The Morgan fingerprint density at radius 3 is 2.48 bits per heavy atom. The predicted octanol–water partition coefficient (Wildman–Crippen LogP) is 4.01. The molecule has 7 heteroatoms. The van der Waals surface area contributed by atoms with E-state index >= 15 is 0 Å². The molecule has 0 aromatic heterocycles. The highest BCUT2D eigenvalue weighted by molar-refractivity contribution is 5.93. The van der Waals surface area contributed by atoms with Crippen LogP contribution < -0.4 is 0 Å². The summed E-state index contributed by atoms with van der Waals surface area (Å²) in [6.07, 6.45) is -1.15. The Morgan fingerprint density at radius 2 is 1.92 bits per heavy atom. The zero-order chi connectivity index (χ0) is 18.2. The molecule has 1 aromatic carbocycles. The van der Waals surface area contributed by atoms with E-state index in [0.29, 0.717) is 18.8 Å². The Balaban J connectivity index is 1.86. The summed E-state index contributed by atoms with van der Waals surface area (Å²) < 4.78 is 46.0. The fourth-order valence-corrected chi connectivity index (χ4v) is 3.97. The van der Waals surface area contributed by atoms with Crippen molar-refractivity contribution in [2.24, 2.45) is 5.41 Å². The number of hydrogen-bond donors (Lipinski definition) is 0. The molecule has 0 bridgehead atoms. The molecule has 0 radical (unpaired) electrons. The van der Waals surface area contributed by atoms with E-state index in [1.54, 1.807) is 0 Å². The minimum Gasteiger partial charge on any atom is -0.381 e. The van der Waals surface area contributed by atoms with Gasteiger partial charge in [0.15, 0.2) is 0 Å². The van der Waals surface area contributed by atoms with Gasteiger partial charge in [-0.3, -0.25) is 9.63 Å². The number of hydroxylamine groups is 2. The van der Waals surface area contributed by atoms with Crippen LogP contribution in [-0.2, 0) is 15.8 Å². The lowest BCUT2D eigenvalue weighted by Gasteiger charge is -2.50. The molecular formula is C18H22F3NO3. The summed E-state index contributed by atoms with van der Waals surface area (Å²) in [5.41, 5.74) is -0.312. The molecule has 1 saturated carbocycles. The molecule has 0 N–H and O–H groups in total. The summed E-state index contributed by atoms with van der Waals surface area (Å²) in [5, 5.41) is 0.912. The highest BCUT2D eigenvalue weighted by Gasteiger charge is 2.48. The van der Waals surface area contributed by atoms with E-state index in [1.165, 1.54) is 26.3 Å². The molecule has 3 rings (SSSR count). The first-order valence-electron chi connectivity index (χ1n) is 8.37. The lowest BCUT2D eigenvalue weighted by Crippen LogP contribution is -2.41. The second kappa shape index (κ2) is 6.61. The van der Waals surface area contributed by atoms with E-state index in [4.69, 9.17) is 9.57 Å². The fraction of sp³-hybridized carbons (Fsp3) is 0.611. The zero-order valence-corrected chi connectivity index (χ0v) is 14.4. The predicted molar refractivity (Wildman–Crippen MR) is 85.0 cm³/mol. The molecule has 1 aliphatic carbocycles. The van der Waals surface area contributed by atoms with Gasteiger partial charge in [-0.25, -0.2) is 5.06 Å². The SMILES string of the molecule is CON(C)C(=O)c1ccc(C2CC3(CCOCC3)C2)c(C(F)(F)F)c1. The maximum atomic E-state index is 13.6. The van der Waals surface area contributed by atoms with Crippen molar-refractivity contribution in [2.45, 2.75) is 37.8 Å². The van der Waals surface area contributed by atoms with E-state index in [2.05, 4.69) is 0 Å². The maximum Gasteiger partial charge on any atom is 0.416 e. The van der Waals surface area contributed by atoms with Gasteiger partial charge in [0.2, 0.25) is 0 Å². The van der Waals surface area contributed by atoms with Gasteiger partial charge in [0, 0.05) is 25.8 Å². The minimum absolute atomic E-state index is 0.0273. The summed E-state index contributed by atoms with van der Waals surface area (Å²) in [7, 11) is 2.66. The number of hydrogen-bond acceptors (Lipinski definition) is 3. The summed E-state index contributed by atoms with van der Waals surface area (Å²) >= 11 is 0. The van der Waals surface area contributed by atoms with Gasteiger partial charge in [0.05, 0.1) is 12.7 Å². The Bertz CT molecular complexity index is 645. The molecule has 1 saturated heterocycles. The zero-order valence-electron chi connectivity index (χ0n) is 14.4. The Labute approximate surface area is 144 Å². The van der Waals surface area contributed by atoms with Crippen LogP contribution in [0.25, 0.3) is 0 Å². The van der Waals surface area contributed by atoms with Gasteiger partial charge in [0.25, 0.3) is 5.91 Å². The van der Waals surface area contributed by atoms with E-state index < -0.39 is 17.6 Å². The highest BCUT2D eigenvalue weighted by Crippen LogP contribution is 2.57. The lowest BCUT2D eigenvalue weighted by molar-refractivity contribution is -0.139. The number of nitrogens with zero attached hydrogens (tertiary/aromatic N) is 1. The number of benzene rings is 1.